The molecule has 0 amide bonds. The molecule has 2 aliphatic heterocycles. The third kappa shape index (κ3) is 1.43. The highest BCUT2D eigenvalue weighted by Gasteiger charge is 2.71. The molecule has 3 rings (SSSR count). The van der Waals surface area contributed by atoms with Crippen molar-refractivity contribution >= 4 is 0 Å². The molecule has 108 valence electrons. The molecule has 19 heavy (non-hydrogen) atoms. The Morgan fingerprint density at radius 1 is 1.26 bits per heavy atom. The highest BCUT2D eigenvalue weighted by atomic mass is 16.5. The van der Waals surface area contributed by atoms with Crippen molar-refractivity contribution in [1.29, 1.82) is 0 Å². The van der Waals surface area contributed by atoms with Gasteiger partial charge in [0.2, 0.25) is 0 Å². The number of fused-ring (bicyclic) bond motifs is 1. The van der Waals surface area contributed by atoms with Crippen molar-refractivity contribution in [3.8, 4) is 0 Å². The van der Waals surface area contributed by atoms with Crippen LogP contribution in [0.4, 0.5) is 0 Å². The van der Waals surface area contributed by atoms with Gasteiger partial charge in [-0.1, -0.05) is 26.8 Å². The number of hydrogen-bond donors (Lipinski definition) is 3. The molecule has 2 fully saturated rings. The van der Waals surface area contributed by atoms with Crippen LogP contribution >= 0.6 is 0 Å². The van der Waals surface area contributed by atoms with Crippen molar-refractivity contribution < 1.29 is 20.1 Å². The molecule has 0 aromatic carbocycles. The Hall–Kier alpha value is -0.420. The molecule has 3 N–H and O–H groups in total. The van der Waals surface area contributed by atoms with Gasteiger partial charge in [0.05, 0.1) is 25.4 Å². The molecule has 2 bridgehead atoms. The number of ether oxygens (including phenoxy) is 1. The van der Waals surface area contributed by atoms with Crippen LogP contribution in [0, 0.1) is 16.7 Å². The minimum Gasteiger partial charge on any atom is -0.396 e. The Morgan fingerprint density at radius 3 is 2.47 bits per heavy atom. The van der Waals surface area contributed by atoms with E-state index in [9.17, 15) is 15.3 Å². The Kier molecular flexibility index (Phi) is 2.72. The van der Waals surface area contributed by atoms with Gasteiger partial charge in [-0.25, -0.2) is 0 Å². The largest absolute Gasteiger partial charge is 0.396 e. The highest BCUT2D eigenvalue weighted by molar-refractivity contribution is 5.33. The summed E-state index contributed by atoms with van der Waals surface area (Å²) >= 11 is 0. The second kappa shape index (κ2) is 3.82. The van der Waals surface area contributed by atoms with Gasteiger partial charge in [-0.15, -0.1) is 0 Å². The summed E-state index contributed by atoms with van der Waals surface area (Å²) in [6.07, 6.45) is 2.63. The Bertz CT molecular complexity index is 430. The predicted molar refractivity (Wildman–Crippen MR) is 70.5 cm³/mol. The lowest BCUT2D eigenvalue weighted by Crippen LogP contribution is -2.76. The van der Waals surface area contributed by atoms with Crippen molar-refractivity contribution in [2.75, 3.05) is 13.2 Å². The molecule has 1 saturated heterocycles. The second-order valence-electron chi connectivity index (χ2n) is 7.40. The number of aliphatic hydroxyl groups is 3. The predicted octanol–water partition coefficient (Wildman–Crippen LogP) is 0.852. The molecule has 0 aromatic rings. The first kappa shape index (κ1) is 13.6. The zero-order chi connectivity index (χ0) is 14.1. The molecule has 2 heterocycles. The van der Waals surface area contributed by atoms with E-state index in [1.165, 1.54) is 0 Å². The van der Waals surface area contributed by atoms with Crippen molar-refractivity contribution in [3.05, 3.63) is 11.6 Å². The minimum absolute atomic E-state index is 0.0105. The van der Waals surface area contributed by atoms with E-state index in [0.29, 0.717) is 6.42 Å². The van der Waals surface area contributed by atoms with Crippen LogP contribution in [0.15, 0.2) is 11.6 Å². The van der Waals surface area contributed by atoms with Crippen LogP contribution in [-0.2, 0) is 4.74 Å². The van der Waals surface area contributed by atoms with Crippen LogP contribution in [0.25, 0.3) is 0 Å². The Morgan fingerprint density at radius 2 is 1.95 bits per heavy atom. The molecule has 5 atom stereocenters. The van der Waals surface area contributed by atoms with Crippen molar-refractivity contribution in [2.24, 2.45) is 16.7 Å². The summed E-state index contributed by atoms with van der Waals surface area (Å²) in [5.74, 6) is 0.113. The Balaban J connectivity index is 2.08. The second-order valence-corrected chi connectivity index (χ2v) is 7.40. The summed E-state index contributed by atoms with van der Waals surface area (Å²) in [5.41, 5.74) is -0.184. The lowest BCUT2D eigenvalue weighted by atomic mass is 9.44. The molecule has 0 aromatic heterocycles. The minimum atomic E-state index is -0.593. The standard InChI is InChI=1S/C15H24O4/c1-13(2)5-10-9(7-16)4-12-14(3,8-17)6-11(18)15(10,13)19-12/h4,10-12,16-18H,5-8H2,1-3H3/t10-,11+,12+,14-,15-/m1/s1. The summed E-state index contributed by atoms with van der Waals surface area (Å²) in [6, 6.07) is 0. The number of aliphatic hydroxyl groups excluding tert-OH is 3. The van der Waals surface area contributed by atoms with Crippen LogP contribution in [0.3, 0.4) is 0 Å². The van der Waals surface area contributed by atoms with Gasteiger partial charge in [0, 0.05) is 11.3 Å². The highest BCUT2D eigenvalue weighted by Crippen LogP contribution is 2.66. The summed E-state index contributed by atoms with van der Waals surface area (Å²) in [4.78, 5) is 0. The van der Waals surface area contributed by atoms with Crippen molar-refractivity contribution in [1.82, 2.24) is 0 Å². The zero-order valence-electron chi connectivity index (χ0n) is 11.9. The zero-order valence-corrected chi connectivity index (χ0v) is 11.9. The normalized spacial score (nSPS) is 51.1. The molecule has 0 unspecified atom stereocenters. The average molecular weight is 268 g/mol. The summed E-state index contributed by atoms with van der Waals surface area (Å²) < 4.78 is 6.28. The topological polar surface area (TPSA) is 69.9 Å². The van der Waals surface area contributed by atoms with Gasteiger partial charge in [-0.2, -0.15) is 0 Å². The van der Waals surface area contributed by atoms with Gasteiger partial charge in [-0.05, 0) is 23.8 Å². The van der Waals surface area contributed by atoms with E-state index < -0.39 is 17.1 Å². The summed E-state index contributed by atoms with van der Waals surface area (Å²) in [6.45, 7) is 6.16. The third-order valence-electron chi connectivity index (χ3n) is 5.81. The lowest BCUT2D eigenvalue weighted by molar-refractivity contribution is -0.336. The van der Waals surface area contributed by atoms with Gasteiger partial charge in [-0.3, -0.25) is 0 Å². The molecular formula is C15H24O4. The van der Waals surface area contributed by atoms with E-state index in [1.54, 1.807) is 0 Å². The van der Waals surface area contributed by atoms with Crippen LogP contribution in [0.1, 0.15) is 33.6 Å². The molecule has 0 radical (unpaired) electrons. The fourth-order valence-electron chi connectivity index (χ4n) is 4.50. The SMILES string of the molecule is CC1(C)C[C@@H]2C(CO)=C[C@@H]3O[C@@]21[C@@H](O)C[C@]3(C)CO. The molecule has 3 aliphatic rings. The Labute approximate surface area is 114 Å². The van der Waals surface area contributed by atoms with Crippen LogP contribution in [-0.4, -0.2) is 46.3 Å². The van der Waals surface area contributed by atoms with Gasteiger partial charge in [0.1, 0.15) is 5.60 Å². The van der Waals surface area contributed by atoms with E-state index in [1.807, 2.05) is 13.0 Å². The smallest absolute Gasteiger partial charge is 0.106 e. The first-order valence-corrected chi connectivity index (χ1v) is 7.09. The maximum atomic E-state index is 10.7. The van der Waals surface area contributed by atoms with Gasteiger partial charge >= 0.3 is 0 Å². The fourth-order valence-corrected chi connectivity index (χ4v) is 4.50. The quantitative estimate of drug-likeness (QED) is 0.649. The first-order valence-electron chi connectivity index (χ1n) is 7.09. The van der Waals surface area contributed by atoms with Crippen LogP contribution < -0.4 is 0 Å². The molecule has 1 aliphatic carbocycles. The average Bonchev–Trinajstić information content (AvgIpc) is 2.36. The number of hydrogen-bond acceptors (Lipinski definition) is 4. The van der Waals surface area contributed by atoms with Gasteiger partial charge < -0.3 is 20.1 Å². The molecule has 1 spiro atoms. The molecular weight excluding hydrogens is 244 g/mol. The first-order chi connectivity index (χ1) is 8.80. The molecule has 4 nitrogen and oxygen atoms in total. The van der Waals surface area contributed by atoms with E-state index >= 15 is 0 Å². The summed E-state index contributed by atoms with van der Waals surface area (Å²) in [7, 11) is 0. The van der Waals surface area contributed by atoms with Crippen molar-refractivity contribution in [2.45, 2.75) is 51.4 Å². The van der Waals surface area contributed by atoms with Gasteiger partial charge in [0.25, 0.3) is 0 Å². The fraction of sp³-hybridized carbons (Fsp3) is 0.867. The van der Waals surface area contributed by atoms with E-state index in [-0.39, 0.29) is 30.7 Å². The van der Waals surface area contributed by atoms with Crippen LogP contribution in [0.2, 0.25) is 0 Å². The summed E-state index contributed by atoms with van der Waals surface area (Å²) in [5, 5.41) is 29.9. The van der Waals surface area contributed by atoms with Gasteiger partial charge in [0.15, 0.2) is 0 Å². The van der Waals surface area contributed by atoms with E-state index in [0.717, 1.165) is 12.0 Å². The molecule has 1 saturated carbocycles. The maximum Gasteiger partial charge on any atom is 0.106 e. The van der Waals surface area contributed by atoms with E-state index in [4.69, 9.17) is 4.74 Å². The lowest BCUT2D eigenvalue weighted by Gasteiger charge is -2.70. The van der Waals surface area contributed by atoms with E-state index in [2.05, 4.69) is 13.8 Å². The monoisotopic (exact) mass is 268 g/mol. The maximum absolute atomic E-state index is 10.7. The molecule has 4 heteroatoms. The van der Waals surface area contributed by atoms with Crippen molar-refractivity contribution in [3.63, 3.8) is 0 Å². The van der Waals surface area contributed by atoms with Crippen LogP contribution in [0.5, 0.6) is 0 Å². The number of rotatable bonds is 2. The third-order valence-corrected chi connectivity index (χ3v) is 5.81.